The van der Waals surface area contributed by atoms with Crippen molar-refractivity contribution in [1.82, 2.24) is 10.2 Å². The molecular formula is C16H16N4O4S. The van der Waals surface area contributed by atoms with Crippen LogP contribution < -0.4 is 14.8 Å². The number of hydrogen-bond acceptors (Lipinski definition) is 5. The molecule has 0 spiro atoms. The molecule has 8 nitrogen and oxygen atoms in total. The number of nitrogens with zero attached hydrogens (tertiary/aromatic N) is 1. The van der Waals surface area contributed by atoms with Crippen LogP contribution in [0.25, 0.3) is 10.9 Å². The van der Waals surface area contributed by atoms with E-state index in [2.05, 4.69) is 20.2 Å². The molecule has 0 radical (unpaired) electrons. The first-order chi connectivity index (χ1) is 11.9. The standard InChI is InChI=1S/C16H16N4O4S/c1-10(21)18-12-6-7-14(24-2)15(8-12)25(22,23)20-13-5-3-4-11-9-17-19-16(11)13/h3-9,20H,1-2H3,(H,17,19)(H,18,21). The van der Waals surface area contributed by atoms with Gasteiger partial charge in [0.05, 0.1) is 24.5 Å². The highest BCUT2D eigenvalue weighted by molar-refractivity contribution is 7.92. The van der Waals surface area contributed by atoms with Crippen molar-refractivity contribution in [2.24, 2.45) is 0 Å². The summed E-state index contributed by atoms with van der Waals surface area (Å²) in [4.78, 5) is 11.1. The third-order valence-electron chi connectivity index (χ3n) is 3.49. The molecule has 3 aromatic rings. The average Bonchev–Trinajstić information content (AvgIpc) is 3.04. The summed E-state index contributed by atoms with van der Waals surface area (Å²) in [7, 11) is -2.58. The highest BCUT2D eigenvalue weighted by atomic mass is 32.2. The number of anilines is 2. The molecule has 1 heterocycles. The van der Waals surface area contributed by atoms with Gasteiger partial charge in [-0.1, -0.05) is 12.1 Å². The van der Waals surface area contributed by atoms with Crippen LogP contribution >= 0.6 is 0 Å². The maximum Gasteiger partial charge on any atom is 0.265 e. The molecule has 0 atom stereocenters. The Morgan fingerprint density at radius 3 is 2.76 bits per heavy atom. The molecule has 9 heteroatoms. The number of aromatic amines is 1. The molecule has 3 rings (SSSR count). The summed E-state index contributed by atoms with van der Waals surface area (Å²) in [5.74, 6) is -0.137. The quantitative estimate of drug-likeness (QED) is 0.646. The molecule has 1 amide bonds. The number of benzene rings is 2. The van der Waals surface area contributed by atoms with Gasteiger partial charge in [0.25, 0.3) is 10.0 Å². The number of carbonyl (C=O) groups is 1. The van der Waals surface area contributed by atoms with E-state index in [0.717, 1.165) is 5.39 Å². The molecule has 0 fully saturated rings. The number of methoxy groups -OCH3 is 1. The molecule has 1 aromatic heterocycles. The first-order valence-electron chi connectivity index (χ1n) is 7.31. The van der Waals surface area contributed by atoms with Crippen LogP contribution in [0.15, 0.2) is 47.5 Å². The SMILES string of the molecule is COc1ccc(NC(C)=O)cc1S(=O)(=O)Nc1cccc2cn[nH]c12. The van der Waals surface area contributed by atoms with Crippen molar-refractivity contribution in [2.75, 3.05) is 17.1 Å². The molecule has 0 unspecified atom stereocenters. The van der Waals surface area contributed by atoms with Gasteiger partial charge in [0.15, 0.2) is 0 Å². The van der Waals surface area contributed by atoms with Crippen molar-refractivity contribution in [3.63, 3.8) is 0 Å². The van der Waals surface area contributed by atoms with E-state index < -0.39 is 10.0 Å². The second-order valence-corrected chi connectivity index (χ2v) is 6.94. The Bertz CT molecular complexity index is 1040. The number of para-hydroxylation sites is 1. The zero-order valence-corrected chi connectivity index (χ0v) is 14.3. The fraction of sp³-hybridized carbons (Fsp3) is 0.125. The Morgan fingerprint density at radius 2 is 2.04 bits per heavy atom. The molecule has 0 aliphatic rings. The fourth-order valence-corrected chi connectivity index (χ4v) is 3.69. The van der Waals surface area contributed by atoms with Gasteiger partial charge in [-0.2, -0.15) is 5.10 Å². The van der Waals surface area contributed by atoms with E-state index in [1.807, 2.05) is 6.07 Å². The van der Waals surface area contributed by atoms with E-state index in [1.165, 1.54) is 26.2 Å². The molecule has 2 aromatic carbocycles. The van der Waals surface area contributed by atoms with Crippen LogP contribution in [-0.2, 0) is 14.8 Å². The van der Waals surface area contributed by atoms with E-state index in [4.69, 9.17) is 4.74 Å². The minimum Gasteiger partial charge on any atom is -0.495 e. The lowest BCUT2D eigenvalue weighted by atomic mass is 10.2. The van der Waals surface area contributed by atoms with Gasteiger partial charge in [0, 0.05) is 18.0 Å². The number of H-pyrrole nitrogens is 1. The predicted octanol–water partition coefficient (Wildman–Crippen LogP) is 2.33. The van der Waals surface area contributed by atoms with Crippen molar-refractivity contribution < 1.29 is 17.9 Å². The number of fused-ring (bicyclic) bond motifs is 1. The lowest BCUT2D eigenvalue weighted by Gasteiger charge is -2.13. The Morgan fingerprint density at radius 1 is 1.24 bits per heavy atom. The molecule has 0 saturated carbocycles. The second-order valence-electron chi connectivity index (χ2n) is 5.29. The van der Waals surface area contributed by atoms with Gasteiger partial charge in [-0.25, -0.2) is 8.42 Å². The number of ether oxygens (including phenoxy) is 1. The first-order valence-corrected chi connectivity index (χ1v) is 8.79. The Labute approximate surface area is 144 Å². The molecular weight excluding hydrogens is 344 g/mol. The first kappa shape index (κ1) is 16.8. The van der Waals surface area contributed by atoms with Crippen LogP contribution in [0.3, 0.4) is 0 Å². The number of hydrogen-bond donors (Lipinski definition) is 3. The van der Waals surface area contributed by atoms with Gasteiger partial charge in [-0.15, -0.1) is 0 Å². The van der Waals surface area contributed by atoms with Crippen LogP contribution in [0.1, 0.15) is 6.92 Å². The van der Waals surface area contributed by atoms with Crippen molar-refractivity contribution in [3.8, 4) is 5.75 Å². The highest BCUT2D eigenvalue weighted by Gasteiger charge is 2.21. The van der Waals surface area contributed by atoms with E-state index >= 15 is 0 Å². The summed E-state index contributed by atoms with van der Waals surface area (Å²) in [5, 5.41) is 10.0. The number of rotatable bonds is 5. The molecule has 0 aliphatic heterocycles. The van der Waals surface area contributed by atoms with E-state index in [-0.39, 0.29) is 16.6 Å². The summed E-state index contributed by atoms with van der Waals surface area (Å²) in [6.07, 6.45) is 1.60. The van der Waals surface area contributed by atoms with Crippen LogP contribution in [0.2, 0.25) is 0 Å². The van der Waals surface area contributed by atoms with E-state index in [9.17, 15) is 13.2 Å². The lowest BCUT2D eigenvalue weighted by molar-refractivity contribution is -0.114. The Balaban J connectivity index is 2.04. The number of amides is 1. The predicted molar refractivity (Wildman–Crippen MR) is 94.2 cm³/mol. The largest absolute Gasteiger partial charge is 0.495 e. The van der Waals surface area contributed by atoms with Gasteiger partial charge in [-0.05, 0) is 24.3 Å². The normalized spacial score (nSPS) is 11.3. The maximum atomic E-state index is 12.8. The Kier molecular flexibility index (Phi) is 4.32. The fourth-order valence-electron chi connectivity index (χ4n) is 2.42. The molecule has 3 N–H and O–H groups in total. The average molecular weight is 360 g/mol. The number of sulfonamides is 1. The minimum absolute atomic E-state index is 0.0854. The topological polar surface area (TPSA) is 113 Å². The molecule has 0 aliphatic carbocycles. The number of nitrogens with one attached hydrogen (secondary N) is 3. The second kappa shape index (κ2) is 6.44. The third-order valence-corrected chi connectivity index (χ3v) is 4.88. The van der Waals surface area contributed by atoms with Crippen LogP contribution in [0.5, 0.6) is 5.75 Å². The molecule has 25 heavy (non-hydrogen) atoms. The summed E-state index contributed by atoms with van der Waals surface area (Å²) in [6.45, 7) is 1.34. The van der Waals surface area contributed by atoms with Crippen molar-refractivity contribution in [3.05, 3.63) is 42.6 Å². The van der Waals surface area contributed by atoms with E-state index in [1.54, 1.807) is 24.4 Å². The lowest BCUT2D eigenvalue weighted by Crippen LogP contribution is -2.15. The van der Waals surface area contributed by atoms with Crippen molar-refractivity contribution >= 4 is 38.2 Å². The van der Waals surface area contributed by atoms with Crippen molar-refractivity contribution in [2.45, 2.75) is 11.8 Å². The van der Waals surface area contributed by atoms with Crippen molar-refractivity contribution in [1.29, 1.82) is 0 Å². The highest BCUT2D eigenvalue weighted by Crippen LogP contribution is 2.30. The number of carbonyl (C=O) groups excluding carboxylic acids is 1. The smallest absolute Gasteiger partial charge is 0.265 e. The van der Waals surface area contributed by atoms with Gasteiger partial charge >= 0.3 is 0 Å². The summed E-state index contributed by atoms with van der Waals surface area (Å²) in [5.41, 5.74) is 1.29. The van der Waals surface area contributed by atoms with Crippen LogP contribution in [-0.4, -0.2) is 31.6 Å². The molecule has 130 valence electrons. The zero-order chi connectivity index (χ0) is 18.0. The number of aromatic nitrogens is 2. The summed E-state index contributed by atoms with van der Waals surface area (Å²) >= 11 is 0. The molecule has 0 bridgehead atoms. The van der Waals surface area contributed by atoms with Crippen LogP contribution in [0, 0.1) is 0 Å². The van der Waals surface area contributed by atoms with Crippen LogP contribution in [0.4, 0.5) is 11.4 Å². The van der Waals surface area contributed by atoms with Gasteiger partial charge < -0.3 is 10.1 Å². The summed E-state index contributed by atoms with van der Waals surface area (Å²) in [6, 6.07) is 9.55. The summed E-state index contributed by atoms with van der Waals surface area (Å²) < 4.78 is 33.4. The van der Waals surface area contributed by atoms with Gasteiger partial charge in [-0.3, -0.25) is 14.6 Å². The Hall–Kier alpha value is -3.07. The third kappa shape index (κ3) is 3.41. The zero-order valence-electron chi connectivity index (χ0n) is 13.5. The van der Waals surface area contributed by atoms with Gasteiger partial charge in [0.2, 0.25) is 5.91 Å². The molecule has 0 saturated heterocycles. The monoisotopic (exact) mass is 360 g/mol. The van der Waals surface area contributed by atoms with Gasteiger partial charge in [0.1, 0.15) is 10.6 Å². The van der Waals surface area contributed by atoms with E-state index in [0.29, 0.717) is 16.9 Å². The minimum atomic E-state index is -3.96. The maximum absolute atomic E-state index is 12.8.